The summed E-state index contributed by atoms with van der Waals surface area (Å²) in [5.74, 6) is 0. The first-order chi connectivity index (χ1) is 3.91. The number of halogens is 2. The summed E-state index contributed by atoms with van der Waals surface area (Å²) in [6, 6.07) is 0. The van der Waals surface area contributed by atoms with Gasteiger partial charge < -0.3 is 0 Å². The highest BCUT2D eigenvalue weighted by molar-refractivity contribution is 5.85. The first kappa shape index (κ1) is 10.5. The molecule has 0 amide bonds. The molecule has 1 saturated carbocycles. The summed E-state index contributed by atoms with van der Waals surface area (Å²) < 4.78 is 0. The molecule has 2 fully saturated rings. The molecule has 4 heteroatoms. The second-order valence-corrected chi connectivity index (χ2v) is 3.06. The topological polar surface area (TPSA) is 24.1 Å². The minimum Gasteiger partial charge on any atom is -0.257 e. The van der Waals surface area contributed by atoms with Gasteiger partial charge in [0.1, 0.15) is 0 Å². The Labute approximate surface area is 73.9 Å². The smallest absolute Gasteiger partial charge is 0.0169 e. The summed E-state index contributed by atoms with van der Waals surface area (Å²) in [5.41, 5.74) is 7.02. The Kier molecular flexibility index (Phi) is 3.95. The molecule has 0 unspecified atom stereocenters. The molecule has 0 atom stereocenters. The van der Waals surface area contributed by atoms with Crippen molar-refractivity contribution in [3.05, 3.63) is 0 Å². The molecular formula is C6H14Cl2N2. The van der Waals surface area contributed by atoms with Gasteiger partial charge in [-0.1, -0.05) is 6.42 Å². The van der Waals surface area contributed by atoms with Gasteiger partial charge in [-0.15, -0.1) is 24.8 Å². The van der Waals surface area contributed by atoms with Crippen LogP contribution in [0.5, 0.6) is 0 Å². The van der Waals surface area contributed by atoms with E-state index in [1.807, 2.05) is 0 Å². The fraction of sp³-hybridized carbons (Fsp3) is 1.00. The normalized spacial score (nSPS) is 26.4. The van der Waals surface area contributed by atoms with Crippen LogP contribution in [0, 0.1) is 5.41 Å². The van der Waals surface area contributed by atoms with Crippen LogP contribution in [0.1, 0.15) is 19.3 Å². The lowest BCUT2D eigenvalue weighted by Gasteiger charge is -2.36. The van der Waals surface area contributed by atoms with Gasteiger partial charge in [-0.05, 0) is 18.3 Å². The van der Waals surface area contributed by atoms with Crippen molar-refractivity contribution < 1.29 is 0 Å². The van der Waals surface area contributed by atoms with Crippen molar-refractivity contribution in [3.8, 4) is 0 Å². The Hall–Kier alpha value is 0.500. The fourth-order valence-electron chi connectivity index (χ4n) is 1.59. The molecule has 0 bridgehead atoms. The summed E-state index contributed by atoms with van der Waals surface area (Å²) in [5, 5.41) is 0. The maximum atomic E-state index is 3.16. The second kappa shape index (κ2) is 3.77. The molecule has 1 aliphatic carbocycles. The number of hydrogen-bond donors (Lipinski definition) is 2. The van der Waals surface area contributed by atoms with Gasteiger partial charge in [0.15, 0.2) is 0 Å². The highest BCUT2D eigenvalue weighted by Crippen LogP contribution is 2.40. The molecule has 1 saturated heterocycles. The van der Waals surface area contributed by atoms with Gasteiger partial charge >= 0.3 is 0 Å². The molecule has 0 aromatic rings. The molecule has 1 spiro atoms. The van der Waals surface area contributed by atoms with Crippen molar-refractivity contribution in [2.45, 2.75) is 19.3 Å². The minimum atomic E-state index is 0. The third kappa shape index (κ3) is 1.56. The summed E-state index contributed by atoms with van der Waals surface area (Å²) in [4.78, 5) is 0. The van der Waals surface area contributed by atoms with Gasteiger partial charge in [0.25, 0.3) is 0 Å². The minimum absolute atomic E-state index is 0. The number of nitrogens with one attached hydrogen (secondary N) is 2. The van der Waals surface area contributed by atoms with Gasteiger partial charge in [-0.25, -0.2) is 0 Å². The van der Waals surface area contributed by atoms with Crippen LogP contribution in [0.2, 0.25) is 0 Å². The van der Waals surface area contributed by atoms with Crippen molar-refractivity contribution in [3.63, 3.8) is 0 Å². The van der Waals surface area contributed by atoms with E-state index >= 15 is 0 Å². The average molecular weight is 185 g/mol. The van der Waals surface area contributed by atoms with Crippen LogP contribution in [-0.4, -0.2) is 13.1 Å². The summed E-state index contributed by atoms with van der Waals surface area (Å²) in [7, 11) is 0. The van der Waals surface area contributed by atoms with Crippen LogP contribution in [0.15, 0.2) is 0 Å². The number of rotatable bonds is 0. The Bertz CT molecular complexity index is 95.9. The molecule has 2 nitrogen and oxygen atoms in total. The first-order valence-corrected chi connectivity index (χ1v) is 3.37. The SMILES string of the molecule is C1CC2(C1)CNNC2.Cl.Cl. The van der Waals surface area contributed by atoms with Crippen LogP contribution in [0.25, 0.3) is 0 Å². The van der Waals surface area contributed by atoms with Crippen molar-refractivity contribution >= 4 is 24.8 Å². The van der Waals surface area contributed by atoms with Gasteiger partial charge in [0.2, 0.25) is 0 Å². The van der Waals surface area contributed by atoms with Gasteiger partial charge in [-0.2, -0.15) is 0 Å². The van der Waals surface area contributed by atoms with E-state index in [1.54, 1.807) is 0 Å². The zero-order chi connectivity index (χ0) is 5.45. The van der Waals surface area contributed by atoms with E-state index in [-0.39, 0.29) is 24.8 Å². The zero-order valence-corrected chi connectivity index (χ0v) is 7.49. The molecule has 2 rings (SSSR count). The van der Waals surface area contributed by atoms with Crippen LogP contribution in [0.4, 0.5) is 0 Å². The highest BCUT2D eigenvalue weighted by atomic mass is 35.5. The summed E-state index contributed by atoms with van der Waals surface area (Å²) >= 11 is 0. The van der Waals surface area contributed by atoms with Crippen LogP contribution in [-0.2, 0) is 0 Å². The quantitative estimate of drug-likeness (QED) is 0.590. The van der Waals surface area contributed by atoms with Crippen molar-refractivity contribution in [2.24, 2.45) is 5.41 Å². The molecule has 0 aromatic heterocycles. The zero-order valence-electron chi connectivity index (χ0n) is 5.85. The van der Waals surface area contributed by atoms with E-state index in [0.29, 0.717) is 5.41 Å². The van der Waals surface area contributed by atoms with E-state index in [1.165, 1.54) is 32.4 Å². The molecule has 2 aliphatic rings. The Morgan fingerprint density at radius 2 is 1.40 bits per heavy atom. The summed E-state index contributed by atoms with van der Waals surface area (Å²) in [6.45, 7) is 2.40. The van der Waals surface area contributed by atoms with Gasteiger partial charge in [-0.3, -0.25) is 10.9 Å². The monoisotopic (exact) mass is 184 g/mol. The molecule has 0 aromatic carbocycles. The van der Waals surface area contributed by atoms with E-state index in [9.17, 15) is 0 Å². The molecule has 2 N–H and O–H groups in total. The van der Waals surface area contributed by atoms with E-state index in [4.69, 9.17) is 0 Å². The molecule has 0 radical (unpaired) electrons. The van der Waals surface area contributed by atoms with E-state index in [0.717, 1.165) is 0 Å². The Morgan fingerprint density at radius 3 is 1.60 bits per heavy atom. The van der Waals surface area contributed by atoms with Gasteiger partial charge in [0, 0.05) is 13.1 Å². The molecule has 1 heterocycles. The second-order valence-electron chi connectivity index (χ2n) is 3.06. The molecule has 10 heavy (non-hydrogen) atoms. The maximum Gasteiger partial charge on any atom is 0.0169 e. The lowest BCUT2D eigenvalue weighted by Crippen LogP contribution is -2.33. The van der Waals surface area contributed by atoms with Crippen molar-refractivity contribution in [2.75, 3.05) is 13.1 Å². The number of hydrogen-bond acceptors (Lipinski definition) is 2. The molecular weight excluding hydrogens is 171 g/mol. The first-order valence-electron chi connectivity index (χ1n) is 3.37. The predicted octanol–water partition coefficient (Wildman–Crippen LogP) is 1.11. The van der Waals surface area contributed by atoms with Crippen LogP contribution in [0.3, 0.4) is 0 Å². The van der Waals surface area contributed by atoms with E-state index in [2.05, 4.69) is 10.9 Å². The van der Waals surface area contributed by atoms with Crippen molar-refractivity contribution in [1.29, 1.82) is 0 Å². The van der Waals surface area contributed by atoms with E-state index < -0.39 is 0 Å². The third-order valence-corrected chi connectivity index (χ3v) is 2.47. The molecule has 1 aliphatic heterocycles. The standard InChI is InChI=1S/C6H12N2.2ClH/c1-2-6(3-1)4-7-8-5-6;;/h7-8H,1-5H2;2*1H. The Balaban J connectivity index is 0.000000405. The highest BCUT2D eigenvalue weighted by Gasteiger charge is 2.39. The third-order valence-electron chi connectivity index (χ3n) is 2.47. The van der Waals surface area contributed by atoms with Crippen LogP contribution < -0.4 is 10.9 Å². The summed E-state index contributed by atoms with van der Waals surface area (Å²) in [6.07, 6.45) is 4.32. The maximum absolute atomic E-state index is 3.16. The fourth-order valence-corrected chi connectivity index (χ4v) is 1.59. The average Bonchev–Trinajstić information content (AvgIpc) is 2.07. The lowest BCUT2D eigenvalue weighted by molar-refractivity contribution is 0.178. The number of hydrazine groups is 1. The van der Waals surface area contributed by atoms with Crippen LogP contribution >= 0.6 is 24.8 Å². The van der Waals surface area contributed by atoms with Crippen molar-refractivity contribution in [1.82, 2.24) is 10.9 Å². The molecule has 62 valence electrons. The van der Waals surface area contributed by atoms with Gasteiger partial charge in [0.05, 0.1) is 0 Å². The largest absolute Gasteiger partial charge is 0.257 e. The lowest BCUT2D eigenvalue weighted by atomic mass is 9.70. The predicted molar refractivity (Wildman–Crippen MR) is 46.8 cm³/mol. The Morgan fingerprint density at radius 1 is 0.900 bits per heavy atom.